The Hall–Kier alpha value is -3.13. The summed E-state index contributed by atoms with van der Waals surface area (Å²) in [7, 11) is 0. The van der Waals surface area contributed by atoms with Crippen LogP contribution >= 0.6 is 0 Å². The van der Waals surface area contributed by atoms with Gasteiger partial charge in [-0.15, -0.1) is 0 Å². The molecule has 110 valence electrons. The topological polar surface area (TPSA) is 17.3 Å². The average molecular weight is 296 g/mol. The number of aromatic nitrogens is 1. The third-order valence-corrected chi connectivity index (χ3v) is 3.91. The van der Waals surface area contributed by atoms with Crippen molar-refractivity contribution in [2.24, 2.45) is 5.10 Å². The Morgan fingerprint density at radius 3 is 2.13 bits per heavy atom. The van der Waals surface area contributed by atoms with Gasteiger partial charge < -0.3 is 0 Å². The molecule has 0 atom stereocenters. The minimum absolute atomic E-state index is 1.09. The quantitative estimate of drug-likeness (QED) is 0.463. The highest BCUT2D eigenvalue weighted by atomic mass is 15.3. The predicted octanol–water partition coefficient (Wildman–Crippen LogP) is 5.19. The second kappa shape index (κ2) is 5.93. The summed E-state index contributed by atoms with van der Waals surface area (Å²) < 4.78 is 1.95. The molecule has 0 saturated carbocycles. The maximum Gasteiger partial charge on any atom is 0.0724 e. The summed E-state index contributed by atoms with van der Waals surface area (Å²) in [6.07, 6.45) is 3.99. The van der Waals surface area contributed by atoms with Crippen LogP contribution in [0.25, 0.3) is 22.0 Å². The van der Waals surface area contributed by atoms with Crippen LogP contribution in [0.4, 0.5) is 0 Å². The molecule has 0 N–H and O–H groups in total. The van der Waals surface area contributed by atoms with E-state index in [9.17, 15) is 0 Å². The van der Waals surface area contributed by atoms with Gasteiger partial charge in [-0.25, -0.2) is 4.68 Å². The van der Waals surface area contributed by atoms with Crippen LogP contribution in [-0.2, 0) is 0 Å². The fraction of sp³-hybridized carbons (Fsp3) is 0. The molecule has 0 saturated heterocycles. The number of hydrogen-bond donors (Lipinski definition) is 0. The molecule has 0 radical (unpaired) electrons. The Labute approximate surface area is 135 Å². The Balaban J connectivity index is 1.83. The molecular formula is C21H16N2. The van der Waals surface area contributed by atoms with Crippen molar-refractivity contribution in [2.45, 2.75) is 0 Å². The zero-order valence-electron chi connectivity index (χ0n) is 12.6. The second-order valence-corrected chi connectivity index (χ2v) is 5.43. The number of hydrogen-bond acceptors (Lipinski definition) is 1. The maximum atomic E-state index is 4.64. The monoisotopic (exact) mass is 296 g/mol. The number of benzene rings is 3. The van der Waals surface area contributed by atoms with Crippen LogP contribution in [-0.4, -0.2) is 10.9 Å². The van der Waals surface area contributed by atoms with Crippen molar-refractivity contribution in [2.75, 3.05) is 0 Å². The first-order chi connectivity index (χ1) is 11.4. The van der Waals surface area contributed by atoms with E-state index in [2.05, 4.69) is 53.8 Å². The minimum Gasteiger partial charge on any atom is -0.240 e. The van der Waals surface area contributed by atoms with E-state index in [0.29, 0.717) is 0 Å². The summed E-state index contributed by atoms with van der Waals surface area (Å²) in [5.41, 5.74) is 4.61. The van der Waals surface area contributed by atoms with E-state index in [1.165, 1.54) is 16.5 Å². The highest BCUT2D eigenvalue weighted by Crippen LogP contribution is 2.30. The highest BCUT2D eigenvalue weighted by molar-refractivity contribution is 5.96. The molecule has 0 amide bonds. The van der Waals surface area contributed by atoms with Crippen molar-refractivity contribution >= 4 is 17.1 Å². The van der Waals surface area contributed by atoms with Crippen molar-refractivity contribution in [3.8, 4) is 11.1 Å². The summed E-state index contributed by atoms with van der Waals surface area (Å²) in [5, 5.41) is 5.85. The van der Waals surface area contributed by atoms with E-state index in [-0.39, 0.29) is 0 Å². The number of para-hydroxylation sites is 1. The van der Waals surface area contributed by atoms with E-state index in [4.69, 9.17) is 0 Å². The van der Waals surface area contributed by atoms with Crippen molar-refractivity contribution in [3.05, 3.63) is 96.7 Å². The normalized spacial score (nSPS) is 11.3. The lowest BCUT2D eigenvalue weighted by Crippen LogP contribution is -1.88. The number of rotatable bonds is 3. The van der Waals surface area contributed by atoms with Gasteiger partial charge in [0.05, 0.1) is 11.7 Å². The van der Waals surface area contributed by atoms with Gasteiger partial charge in [0, 0.05) is 17.1 Å². The first-order valence-corrected chi connectivity index (χ1v) is 7.67. The first-order valence-electron chi connectivity index (χ1n) is 7.67. The molecule has 1 aromatic heterocycles. The maximum absolute atomic E-state index is 4.64. The largest absolute Gasteiger partial charge is 0.240 e. The van der Waals surface area contributed by atoms with Gasteiger partial charge in [-0.1, -0.05) is 78.9 Å². The minimum atomic E-state index is 1.09. The van der Waals surface area contributed by atoms with Crippen molar-refractivity contribution in [3.63, 3.8) is 0 Å². The molecule has 0 spiro atoms. The summed E-state index contributed by atoms with van der Waals surface area (Å²) in [4.78, 5) is 0. The van der Waals surface area contributed by atoms with Crippen LogP contribution in [0.3, 0.4) is 0 Å². The lowest BCUT2D eigenvalue weighted by molar-refractivity contribution is 0.934. The van der Waals surface area contributed by atoms with Gasteiger partial charge in [-0.2, -0.15) is 5.10 Å². The average Bonchev–Trinajstić information content (AvgIpc) is 3.01. The van der Waals surface area contributed by atoms with E-state index in [1.54, 1.807) is 0 Å². The van der Waals surface area contributed by atoms with Gasteiger partial charge in [0.25, 0.3) is 0 Å². The van der Waals surface area contributed by atoms with Crippen LogP contribution in [0.1, 0.15) is 5.56 Å². The molecule has 23 heavy (non-hydrogen) atoms. The lowest BCUT2D eigenvalue weighted by atomic mass is 10.1. The molecule has 0 aliphatic rings. The zero-order chi connectivity index (χ0) is 15.5. The smallest absolute Gasteiger partial charge is 0.0724 e. The third-order valence-electron chi connectivity index (χ3n) is 3.91. The fourth-order valence-electron chi connectivity index (χ4n) is 2.77. The molecule has 2 nitrogen and oxygen atoms in total. The van der Waals surface area contributed by atoms with Crippen LogP contribution in [0.15, 0.2) is 96.2 Å². The van der Waals surface area contributed by atoms with E-state index < -0.39 is 0 Å². The van der Waals surface area contributed by atoms with Gasteiger partial charge in [0.15, 0.2) is 0 Å². The summed E-state index contributed by atoms with van der Waals surface area (Å²) >= 11 is 0. The third kappa shape index (κ3) is 2.67. The molecule has 0 bridgehead atoms. The predicted molar refractivity (Wildman–Crippen MR) is 96.8 cm³/mol. The van der Waals surface area contributed by atoms with E-state index >= 15 is 0 Å². The number of fused-ring (bicyclic) bond motifs is 1. The fourth-order valence-corrected chi connectivity index (χ4v) is 2.77. The van der Waals surface area contributed by atoms with Gasteiger partial charge in [0.1, 0.15) is 0 Å². The van der Waals surface area contributed by atoms with Crippen molar-refractivity contribution in [1.82, 2.24) is 4.68 Å². The molecule has 2 heteroatoms. The van der Waals surface area contributed by atoms with Crippen LogP contribution in [0.5, 0.6) is 0 Å². The Bertz CT molecular complexity index is 951. The summed E-state index contributed by atoms with van der Waals surface area (Å²) in [6.45, 7) is 0. The molecular weight excluding hydrogens is 280 g/mol. The van der Waals surface area contributed by atoms with E-state index in [0.717, 1.165) is 11.1 Å². The Morgan fingerprint density at radius 1 is 0.696 bits per heavy atom. The SMILES string of the molecule is C(=Nn1cc(-c2ccccc2)c2ccccc21)c1ccccc1. The standard InChI is InChI=1S/C21H16N2/c1-3-9-17(10-4-1)15-22-23-16-20(18-11-5-2-6-12-18)19-13-7-8-14-21(19)23/h1-16H. The van der Waals surface area contributed by atoms with Crippen molar-refractivity contribution in [1.29, 1.82) is 0 Å². The molecule has 0 aliphatic carbocycles. The van der Waals surface area contributed by atoms with Gasteiger partial charge in [-0.05, 0) is 17.2 Å². The van der Waals surface area contributed by atoms with Gasteiger partial charge in [-0.3, -0.25) is 0 Å². The number of nitrogens with zero attached hydrogens (tertiary/aromatic N) is 2. The molecule has 1 heterocycles. The van der Waals surface area contributed by atoms with Crippen LogP contribution in [0.2, 0.25) is 0 Å². The van der Waals surface area contributed by atoms with Gasteiger partial charge in [0.2, 0.25) is 0 Å². The molecule has 0 unspecified atom stereocenters. The molecule has 0 aliphatic heterocycles. The molecule has 4 rings (SSSR count). The Kier molecular flexibility index (Phi) is 3.49. The van der Waals surface area contributed by atoms with Crippen molar-refractivity contribution < 1.29 is 0 Å². The van der Waals surface area contributed by atoms with Gasteiger partial charge >= 0.3 is 0 Å². The van der Waals surface area contributed by atoms with Crippen LogP contribution < -0.4 is 0 Å². The summed E-state index contributed by atoms with van der Waals surface area (Å²) in [6, 6.07) is 28.9. The lowest BCUT2D eigenvalue weighted by Gasteiger charge is -1.97. The summed E-state index contributed by atoms with van der Waals surface area (Å²) in [5.74, 6) is 0. The van der Waals surface area contributed by atoms with Crippen LogP contribution in [0, 0.1) is 0 Å². The first kappa shape index (κ1) is 13.5. The molecule has 3 aromatic carbocycles. The van der Waals surface area contributed by atoms with E-state index in [1.807, 2.05) is 53.4 Å². The second-order valence-electron chi connectivity index (χ2n) is 5.43. The molecule has 4 aromatic rings. The molecule has 0 fully saturated rings. The zero-order valence-corrected chi connectivity index (χ0v) is 12.6. The Morgan fingerprint density at radius 2 is 1.35 bits per heavy atom. The highest BCUT2D eigenvalue weighted by Gasteiger charge is 2.08.